The van der Waals surface area contributed by atoms with E-state index in [1.54, 1.807) is 0 Å². The molecule has 6 heavy (non-hydrogen) atoms. The molecule has 0 radical (unpaired) electrons. The SMILES string of the molecule is CC(=O)P[O-].[Li+]. The molecule has 0 N–H and O–H groups in total. The molecule has 0 aromatic heterocycles. The molecule has 0 fully saturated rings. The number of carbonyl (C=O) groups is 1. The molecule has 1 unspecified atom stereocenters. The predicted molar refractivity (Wildman–Crippen MR) is 19.0 cm³/mol. The van der Waals surface area contributed by atoms with E-state index in [0.717, 1.165) is 0 Å². The summed E-state index contributed by atoms with van der Waals surface area (Å²) in [6.07, 6.45) is 0. The van der Waals surface area contributed by atoms with Crippen molar-refractivity contribution < 1.29 is 28.5 Å². The third kappa shape index (κ3) is 8.82. The first kappa shape index (κ1) is 9.82. The number of carbonyl (C=O) groups excluding carboxylic acids is 1. The van der Waals surface area contributed by atoms with Crippen LogP contribution < -0.4 is 23.8 Å². The minimum Gasteiger partial charge on any atom is -0.826 e. The quantitative estimate of drug-likeness (QED) is 0.252. The Labute approximate surface area is 50.4 Å². The summed E-state index contributed by atoms with van der Waals surface area (Å²) in [7, 11) is -0.775. The Morgan fingerprint density at radius 2 is 2.00 bits per heavy atom. The average molecular weight is 98.0 g/mol. The zero-order valence-corrected chi connectivity index (χ0v) is 4.82. The van der Waals surface area contributed by atoms with E-state index in [2.05, 4.69) is 0 Å². The van der Waals surface area contributed by atoms with E-state index in [1.165, 1.54) is 6.92 Å². The van der Waals surface area contributed by atoms with E-state index in [-0.39, 0.29) is 24.4 Å². The number of hydrogen-bond acceptors (Lipinski definition) is 2. The van der Waals surface area contributed by atoms with E-state index in [0.29, 0.717) is 0 Å². The van der Waals surface area contributed by atoms with Crippen LogP contribution in [-0.2, 0) is 4.79 Å². The minimum atomic E-state index is -0.775. The molecule has 0 aromatic rings. The Morgan fingerprint density at radius 3 is 2.00 bits per heavy atom. The standard InChI is InChI=1S/C2H4O2P.Li/c1-2(3)5-4;/h5H,1H3;/q-1;+1. The molecule has 0 saturated carbocycles. The molecule has 0 aliphatic carbocycles. The van der Waals surface area contributed by atoms with E-state index in [4.69, 9.17) is 0 Å². The van der Waals surface area contributed by atoms with E-state index >= 15 is 0 Å². The van der Waals surface area contributed by atoms with Gasteiger partial charge < -0.3 is 4.89 Å². The molecule has 0 aliphatic heterocycles. The molecule has 2 nitrogen and oxygen atoms in total. The van der Waals surface area contributed by atoms with Crippen LogP contribution >= 0.6 is 8.81 Å². The van der Waals surface area contributed by atoms with Crippen LogP contribution in [0.3, 0.4) is 0 Å². The molecule has 0 aliphatic rings. The largest absolute Gasteiger partial charge is 1.00 e. The minimum absolute atomic E-state index is 0. The van der Waals surface area contributed by atoms with Gasteiger partial charge in [-0.1, -0.05) is 0 Å². The van der Waals surface area contributed by atoms with Gasteiger partial charge in [0.25, 0.3) is 0 Å². The van der Waals surface area contributed by atoms with Crippen molar-refractivity contribution in [2.75, 3.05) is 0 Å². The normalized spacial score (nSPS) is 8.33. The summed E-state index contributed by atoms with van der Waals surface area (Å²) in [5.74, 6) is 0. The molecular formula is C2H4LiO2P. The van der Waals surface area contributed by atoms with Crippen LogP contribution in [0.2, 0.25) is 0 Å². The second kappa shape index (κ2) is 5.66. The summed E-state index contributed by atoms with van der Waals surface area (Å²) in [4.78, 5) is 18.8. The first-order chi connectivity index (χ1) is 2.27. The van der Waals surface area contributed by atoms with Gasteiger partial charge >= 0.3 is 18.9 Å². The number of hydrogen-bond donors (Lipinski definition) is 0. The molecule has 0 heterocycles. The van der Waals surface area contributed by atoms with Crippen LogP contribution in [-0.4, -0.2) is 5.52 Å². The van der Waals surface area contributed by atoms with Gasteiger partial charge in [-0.2, -0.15) is 0 Å². The van der Waals surface area contributed by atoms with E-state index in [1.807, 2.05) is 0 Å². The fourth-order valence-corrected chi connectivity index (χ4v) is 0. The molecular weight excluding hydrogens is 93.9 g/mol. The molecule has 0 amide bonds. The smallest absolute Gasteiger partial charge is 0.826 e. The van der Waals surface area contributed by atoms with Crippen LogP contribution in [0.5, 0.6) is 0 Å². The maximum absolute atomic E-state index is 9.51. The third-order valence-electron chi connectivity index (χ3n) is 0.144. The molecule has 30 valence electrons. The summed E-state index contributed by atoms with van der Waals surface area (Å²) in [6.45, 7) is 1.28. The van der Waals surface area contributed by atoms with Crippen molar-refractivity contribution in [2.24, 2.45) is 0 Å². The first-order valence-electron chi connectivity index (χ1n) is 1.16. The molecule has 0 saturated heterocycles. The van der Waals surface area contributed by atoms with Gasteiger partial charge in [0.05, 0.1) is 0 Å². The van der Waals surface area contributed by atoms with Crippen LogP contribution in [0.15, 0.2) is 0 Å². The molecule has 0 bridgehead atoms. The zero-order chi connectivity index (χ0) is 4.28. The maximum Gasteiger partial charge on any atom is 1.00 e. The monoisotopic (exact) mass is 98.0 g/mol. The van der Waals surface area contributed by atoms with E-state index < -0.39 is 8.81 Å². The Kier molecular flexibility index (Phi) is 9.26. The molecule has 0 spiro atoms. The summed E-state index contributed by atoms with van der Waals surface area (Å²) in [5.41, 5.74) is -0.273. The maximum atomic E-state index is 9.51. The Hall–Kier alpha value is 0.657. The summed E-state index contributed by atoms with van der Waals surface area (Å²) >= 11 is 0. The third-order valence-corrected chi connectivity index (χ3v) is 0.431. The van der Waals surface area contributed by atoms with Gasteiger partial charge in [-0.05, 0) is 6.92 Å². The van der Waals surface area contributed by atoms with Crippen molar-refractivity contribution >= 4 is 14.3 Å². The van der Waals surface area contributed by atoms with Crippen molar-refractivity contribution in [2.45, 2.75) is 6.92 Å². The molecule has 1 atom stereocenters. The number of rotatable bonds is 1. The predicted octanol–water partition coefficient (Wildman–Crippen LogP) is -3.51. The second-order valence-electron chi connectivity index (χ2n) is 0.658. The molecule has 0 aromatic carbocycles. The van der Waals surface area contributed by atoms with Crippen LogP contribution in [0.25, 0.3) is 0 Å². The van der Waals surface area contributed by atoms with Gasteiger partial charge in [0.1, 0.15) is 5.52 Å². The van der Waals surface area contributed by atoms with Gasteiger partial charge in [0.15, 0.2) is 0 Å². The summed E-state index contributed by atoms with van der Waals surface area (Å²) in [5, 5.41) is 0. The van der Waals surface area contributed by atoms with Gasteiger partial charge in [0.2, 0.25) is 0 Å². The van der Waals surface area contributed by atoms with Crippen LogP contribution in [0, 0.1) is 0 Å². The fourth-order valence-electron chi connectivity index (χ4n) is 0. The first-order valence-corrected chi connectivity index (χ1v) is 2.07. The van der Waals surface area contributed by atoms with Crippen molar-refractivity contribution in [3.05, 3.63) is 0 Å². The Morgan fingerprint density at radius 1 is 1.83 bits per heavy atom. The van der Waals surface area contributed by atoms with Crippen molar-refractivity contribution in [3.63, 3.8) is 0 Å². The van der Waals surface area contributed by atoms with Crippen molar-refractivity contribution in [1.29, 1.82) is 0 Å². The fraction of sp³-hybridized carbons (Fsp3) is 0.500. The molecule has 4 heteroatoms. The van der Waals surface area contributed by atoms with E-state index in [9.17, 15) is 9.69 Å². The summed E-state index contributed by atoms with van der Waals surface area (Å²) < 4.78 is 0. The topological polar surface area (TPSA) is 40.1 Å². The Balaban J connectivity index is 0. The molecule has 0 rings (SSSR count). The second-order valence-corrected chi connectivity index (χ2v) is 1.57. The van der Waals surface area contributed by atoms with Crippen molar-refractivity contribution in [1.82, 2.24) is 0 Å². The van der Waals surface area contributed by atoms with Gasteiger partial charge in [-0.15, -0.1) is 8.81 Å². The van der Waals surface area contributed by atoms with Gasteiger partial charge in [-0.3, -0.25) is 4.79 Å². The average Bonchev–Trinajstić information content (AvgIpc) is 1.38. The zero-order valence-electron chi connectivity index (χ0n) is 3.82. The Bertz CT molecular complexity index is 46.8. The van der Waals surface area contributed by atoms with Crippen LogP contribution in [0.4, 0.5) is 0 Å². The van der Waals surface area contributed by atoms with Gasteiger partial charge in [-0.25, -0.2) is 0 Å². The van der Waals surface area contributed by atoms with Gasteiger partial charge in [0, 0.05) is 0 Å². The summed E-state index contributed by atoms with van der Waals surface area (Å²) in [6, 6.07) is 0. The van der Waals surface area contributed by atoms with Crippen LogP contribution in [0.1, 0.15) is 6.92 Å². The van der Waals surface area contributed by atoms with Crippen molar-refractivity contribution in [3.8, 4) is 0 Å².